The van der Waals surface area contributed by atoms with Crippen molar-refractivity contribution in [2.24, 2.45) is 11.7 Å². The summed E-state index contributed by atoms with van der Waals surface area (Å²) in [5.41, 5.74) is 5.33. The van der Waals surface area contributed by atoms with E-state index in [1.165, 1.54) is 16.9 Å². The minimum atomic E-state index is -4.46. The van der Waals surface area contributed by atoms with E-state index in [2.05, 4.69) is 10.1 Å². The van der Waals surface area contributed by atoms with Crippen LogP contribution in [0.1, 0.15) is 19.5 Å². The first-order valence-electron chi connectivity index (χ1n) is 6.66. The zero-order chi connectivity index (χ0) is 15.4. The van der Waals surface area contributed by atoms with E-state index in [1.54, 1.807) is 0 Å². The van der Waals surface area contributed by atoms with Crippen LogP contribution in [0.4, 0.5) is 19.0 Å². The summed E-state index contributed by atoms with van der Waals surface area (Å²) in [5.74, 6) is 0.784. The fourth-order valence-corrected chi connectivity index (χ4v) is 2.47. The molecule has 0 saturated carbocycles. The molecule has 3 rings (SSSR count). The number of anilines is 1. The molecule has 114 valence electrons. The van der Waals surface area contributed by atoms with Gasteiger partial charge in [-0.1, -0.05) is 13.8 Å². The summed E-state index contributed by atoms with van der Waals surface area (Å²) in [5, 5.41) is 3.55. The molecule has 1 aliphatic heterocycles. The Morgan fingerprint density at radius 1 is 1.33 bits per heavy atom. The molecule has 0 radical (unpaired) electrons. The molecule has 3 heterocycles. The van der Waals surface area contributed by atoms with Gasteiger partial charge in [0.1, 0.15) is 5.52 Å². The van der Waals surface area contributed by atoms with E-state index in [4.69, 9.17) is 5.73 Å². The average molecular weight is 299 g/mol. The molecule has 21 heavy (non-hydrogen) atoms. The zero-order valence-electron chi connectivity index (χ0n) is 11.7. The maximum atomic E-state index is 12.8. The van der Waals surface area contributed by atoms with E-state index in [0.717, 1.165) is 6.07 Å². The highest BCUT2D eigenvalue weighted by Gasteiger charge is 2.43. The normalized spacial score (nSPS) is 18.3. The molecule has 1 saturated heterocycles. The second-order valence-corrected chi connectivity index (χ2v) is 5.85. The van der Waals surface area contributed by atoms with Crippen molar-refractivity contribution < 1.29 is 13.2 Å². The number of hydrogen-bond acceptors (Lipinski definition) is 4. The van der Waals surface area contributed by atoms with E-state index in [1.807, 2.05) is 18.7 Å². The van der Waals surface area contributed by atoms with Crippen molar-refractivity contribution in [2.75, 3.05) is 18.0 Å². The fourth-order valence-electron chi connectivity index (χ4n) is 2.47. The first-order valence-corrected chi connectivity index (χ1v) is 6.66. The second kappa shape index (κ2) is 4.33. The molecule has 2 aromatic heterocycles. The van der Waals surface area contributed by atoms with E-state index in [9.17, 15) is 13.2 Å². The molecule has 2 N–H and O–H groups in total. The van der Waals surface area contributed by atoms with Crippen LogP contribution in [0.3, 0.4) is 0 Å². The molecule has 0 bridgehead atoms. The largest absolute Gasteiger partial charge is 0.435 e. The number of rotatable bonds is 2. The van der Waals surface area contributed by atoms with Crippen molar-refractivity contribution in [3.05, 3.63) is 24.2 Å². The maximum absolute atomic E-state index is 12.8. The lowest BCUT2D eigenvalue weighted by Gasteiger charge is -2.51. The van der Waals surface area contributed by atoms with Crippen LogP contribution in [0.2, 0.25) is 0 Å². The van der Waals surface area contributed by atoms with Gasteiger partial charge in [0.15, 0.2) is 11.5 Å². The maximum Gasteiger partial charge on any atom is 0.435 e. The minimum Gasteiger partial charge on any atom is -0.351 e. The molecule has 0 aromatic carbocycles. The van der Waals surface area contributed by atoms with Gasteiger partial charge >= 0.3 is 6.18 Å². The first-order chi connectivity index (χ1) is 9.71. The lowest BCUT2D eigenvalue weighted by atomic mass is 9.80. The topological polar surface area (TPSA) is 59.5 Å². The highest BCUT2D eigenvalue weighted by molar-refractivity contribution is 5.70. The zero-order valence-corrected chi connectivity index (χ0v) is 11.7. The predicted octanol–water partition coefficient (Wildman–Crippen LogP) is 1.92. The Morgan fingerprint density at radius 2 is 2.00 bits per heavy atom. The summed E-state index contributed by atoms with van der Waals surface area (Å²) < 4.78 is 39.5. The molecule has 0 atom stereocenters. The molecule has 5 nitrogen and oxygen atoms in total. The van der Waals surface area contributed by atoms with Gasteiger partial charge in [-0.2, -0.15) is 18.3 Å². The summed E-state index contributed by atoms with van der Waals surface area (Å²) in [6.45, 7) is 5.21. The molecule has 2 aromatic rings. The summed E-state index contributed by atoms with van der Waals surface area (Å²) >= 11 is 0. The van der Waals surface area contributed by atoms with Crippen LogP contribution in [0.15, 0.2) is 18.5 Å². The molecule has 8 heteroatoms. The smallest absolute Gasteiger partial charge is 0.351 e. The van der Waals surface area contributed by atoms with Crippen LogP contribution < -0.4 is 10.6 Å². The number of hydrogen-bond donors (Lipinski definition) is 1. The Kier molecular flexibility index (Phi) is 2.91. The van der Waals surface area contributed by atoms with Gasteiger partial charge in [-0.25, -0.2) is 9.50 Å². The molecule has 0 spiro atoms. The number of nitrogens with two attached hydrogens (primary N) is 1. The fraction of sp³-hybridized carbons (Fsp3) is 0.538. The monoisotopic (exact) mass is 299 g/mol. The highest BCUT2D eigenvalue weighted by atomic mass is 19.4. The Bertz CT molecular complexity index is 670. The van der Waals surface area contributed by atoms with Crippen molar-refractivity contribution in [3.8, 4) is 0 Å². The standard InChI is InChI=1S/C13H16F3N5/c1-8(2)12(17)6-20(7-12)11-9-5-10(13(14,15)16)19-21(9)4-3-18-11/h3-5,8H,6-7,17H2,1-2H3. The highest BCUT2D eigenvalue weighted by Crippen LogP contribution is 2.34. The summed E-state index contributed by atoms with van der Waals surface area (Å²) in [7, 11) is 0. The third-order valence-electron chi connectivity index (χ3n) is 4.08. The van der Waals surface area contributed by atoms with Crippen LogP contribution >= 0.6 is 0 Å². The van der Waals surface area contributed by atoms with Crippen molar-refractivity contribution in [1.82, 2.24) is 14.6 Å². The van der Waals surface area contributed by atoms with E-state index < -0.39 is 11.9 Å². The lowest BCUT2D eigenvalue weighted by Crippen LogP contribution is -2.70. The Morgan fingerprint density at radius 3 is 2.57 bits per heavy atom. The van der Waals surface area contributed by atoms with Crippen LogP contribution in [-0.4, -0.2) is 33.2 Å². The van der Waals surface area contributed by atoms with E-state index >= 15 is 0 Å². The Hall–Kier alpha value is -1.83. The minimum absolute atomic E-state index is 0.295. The van der Waals surface area contributed by atoms with E-state index in [0.29, 0.717) is 30.3 Å². The van der Waals surface area contributed by atoms with Crippen molar-refractivity contribution >= 4 is 11.3 Å². The molecule has 0 amide bonds. The van der Waals surface area contributed by atoms with Gasteiger partial charge in [-0.3, -0.25) is 0 Å². The van der Waals surface area contributed by atoms with Crippen LogP contribution in [-0.2, 0) is 6.18 Å². The number of fused-ring (bicyclic) bond motifs is 1. The Labute approximate surface area is 119 Å². The quantitative estimate of drug-likeness (QED) is 0.920. The van der Waals surface area contributed by atoms with Gasteiger partial charge in [-0.05, 0) is 5.92 Å². The number of nitrogens with zero attached hydrogens (tertiary/aromatic N) is 4. The SMILES string of the molecule is CC(C)C1(N)CN(c2nccn3nc(C(F)(F)F)cc23)C1. The van der Waals surface area contributed by atoms with Crippen molar-refractivity contribution in [1.29, 1.82) is 0 Å². The molecular formula is C13H16F3N5. The van der Waals surface area contributed by atoms with Crippen LogP contribution in [0.25, 0.3) is 5.52 Å². The third-order valence-corrected chi connectivity index (χ3v) is 4.08. The number of alkyl halides is 3. The van der Waals surface area contributed by atoms with Gasteiger partial charge in [0.25, 0.3) is 0 Å². The van der Waals surface area contributed by atoms with Gasteiger partial charge in [0, 0.05) is 31.5 Å². The van der Waals surface area contributed by atoms with Crippen molar-refractivity contribution in [3.63, 3.8) is 0 Å². The van der Waals surface area contributed by atoms with Gasteiger partial charge in [0.2, 0.25) is 0 Å². The van der Waals surface area contributed by atoms with Crippen molar-refractivity contribution in [2.45, 2.75) is 25.6 Å². The summed E-state index contributed by atoms with van der Waals surface area (Å²) in [6, 6.07) is 1.02. The first kappa shape index (κ1) is 14.1. The third kappa shape index (κ3) is 2.23. The molecular weight excluding hydrogens is 283 g/mol. The van der Waals surface area contributed by atoms with Gasteiger partial charge in [0.05, 0.1) is 5.54 Å². The molecule has 1 aliphatic rings. The average Bonchev–Trinajstić information content (AvgIpc) is 2.78. The number of halogens is 3. The van der Waals surface area contributed by atoms with E-state index in [-0.39, 0.29) is 5.54 Å². The summed E-state index contributed by atoms with van der Waals surface area (Å²) in [4.78, 5) is 6.08. The lowest BCUT2D eigenvalue weighted by molar-refractivity contribution is -0.141. The summed E-state index contributed by atoms with van der Waals surface area (Å²) in [6.07, 6.45) is -1.61. The van der Waals surface area contributed by atoms with Crippen LogP contribution in [0.5, 0.6) is 0 Å². The molecule has 0 aliphatic carbocycles. The molecule has 0 unspecified atom stereocenters. The van der Waals surface area contributed by atoms with Gasteiger partial charge < -0.3 is 10.6 Å². The number of aromatic nitrogens is 3. The predicted molar refractivity (Wildman–Crippen MR) is 72.0 cm³/mol. The molecule has 1 fully saturated rings. The van der Waals surface area contributed by atoms with Crippen LogP contribution in [0, 0.1) is 5.92 Å². The second-order valence-electron chi connectivity index (χ2n) is 5.85. The Balaban J connectivity index is 1.96. The van der Waals surface area contributed by atoms with Gasteiger partial charge in [-0.15, -0.1) is 0 Å².